The summed E-state index contributed by atoms with van der Waals surface area (Å²) in [4.78, 5) is 4.59. The molecule has 140 valence electrons. The predicted molar refractivity (Wildman–Crippen MR) is 109 cm³/mol. The zero-order valence-corrected chi connectivity index (χ0v) is 17.7. The Morgan fingerprint density at radius 1 is 1.33 bits per heavy atom. The van der Waals surface area contributed by atoms with Crippen molar-refractivity contribution in [3.05, 3.63) is 12.2 Å². The molecule has 0 saturated heterocycles. The maximum absolute atomic E-state index is 5.06. The molecule has 0 spiro atoms. The number of nitrogens with one attached hydrogen (secondary N) is 2. The van der Waals surface area contributed by atoms with Gasteiger partial charge in [-0.25, -0.2) is 0 Å². The number of hydrogen-bond donors (Lipinski definition) is 2. The minimum absolute atomic E-state index is 0. The Hall–Kier alpha value is -0.900. The largest absolute Gasteiger partial charge is 0.385 e. The lowest BCUT2D eigenvalue weighted by atomic mass is 10.1. The van der Waals surface area contributed by atoms with Gasteiger partial charge in [0.25, 0.3) is 0 Å². The van der Waals surface area contributed by atoms with Gasteiger partial charge in [-0.2, -0.15) is 0 Å². The summed E-state index contributed by atoms with van der Waals surface area (Å²) in [5, 5.41) is 14.8. The Balaban J connectivity index is 0.00000529. The predicted octanol–water partition coefficient (Wildman–Crippen LogP) is 2.08. The third-order valence-corrected chi connectivity index (χ3v) is 3.45. The first-order valence-corrected chi connectivity index (χ1v) is 8.55. The molecule has 24 heavy (non-hydrogen) atoms. The van der Waals surface area contributed by atoms with Crippen LogP contribution in [0.1, 0.15) is 39.4 Å². The van der Waals surface area contributed by atoms with E-state index in [1.807, 2.05) is 0 Å². The highest BCUT2D eigenvalue weighted by Crippen LogP contribution is 1.97. The molecule has 1 heterocycles. The van der Waals surface area contributed by atoms with E-state index in [1.54, 1.807) is 13.4 Å². The summed E-state index contributed by atoms with van der Waals surface area (Å²) in [5.41, 5.74) is 0. The smallest absolute Gasteiger partial charge is 0.191 e. The van der Waals surface area contributed by atoms with Crippen LogP contribution in [0.3, 0.4) is 0 Å². The second-order valence-electron chi connectivity index (χ2n) is 5.91. The molecule has 0 aromatic carbocycles. The summed E-state index contributed by atoms with van der Waals surface area (Å²) in [7, 11) is 1.72. The Morgan fingerprint density at radius 2 is 2.08 bits per heavy atom. The van der Waals surface area contributed by atoms with Crippen LogP contribution in [0.25, 0.3) is 0 Å². The molecule has 1 aromatic heterocycles. The van der Waals surface area contributed by atoms with Gasteiger partial charge in [-0.15, -0.1) is 34.2 Å². The maximum atomic E-state index is 5.06. The van der Waals surface area contributed by atoms with Crippen LogP contribution >= 0.6 is 24.0 Å². The lowest BCUT2D eigenvalue weighted by Gasteiger charge is -2.14. The van der Waals surface area contributed by atoms with Crippen molar-refractivity contribution in [3.63, 3.8) is 0 Å². The average molecular weight is 452 g/mol. The molecule has 0 aliphatic heterocycles. The number of nitrogens with zero attached hydrogens (tertiary/aromatic N) is 4. The monoisotopic (exact) mass is 452 g/mol. The van der Waals surface area contributed by atoms with Crippen LogP contribution in [0.2, 0.25) is 0 Å². The number of hydrogen-bond acceptors (Lipinski definition) is 4. The minimum Gasteiger partial charge on any atom is -0.385 e. The average Bonchev–Trinajstić information content (AvgIpc) is 2.98. The summed E-state index contributed by atoms with van der Waals surface area (Å²) >= 11 is 0. The Kier molecular flexibility index (Phi) is 13.9. The fourth-order valence-electron chi connectivity index (χ4n) is 2.09. The van der Waals surface area contributed by atoms with Crippen molar-refractivity contribution in [1.29, 1.82) is 0 Å². The molecule has 0 radical (unpaired) electrons. The molecule has 0 saturated carbocycles. The molecule has 7 nitrogen and oxygen atoms in total. The molecule has 0 unspecified atom stereocenters. The summed E-state index contributed by atoms with van der Waals surface area (Å²) in [6.07, 6.45) is 4.73. The number of halogens is 1. The molecular formula is C16H33IN6O. The van der Waals surface area contributed by atoms with E-state index in [0.717, 1.165) is 63.8 Å². The van der Waals surface area contributed by atoms with Gasteiger partial charge in [-0.05, 0) is 18.8 Å². The number of aryl methyl sites for hydroxylation is 1. The quantitative estimate of drug-likeness (QED) is 0.233. The van der Waals surface area contributed by atoms with Crippen molar-refractivity contribution < 1.29 is 4.74 Å². The van der Waals surface area contributed by atoms with Crippen molar-refractivity contribution in [2.45, 2.75) is 46.6 Å². The second-order valence-corrected chi connectivity index (χ2v) is 5.91. The molecule has 0 fully saturated rings. The van der Waals surface area contributed by atoms with E-state index in [4.69, 9.17) is 4.74 Å². The van der Waals surface area contributed by atoms with Gasteiger partial charge in [0, 0.05) is 46.3 Å². The number of aromatic nitrogens is 3. The first kappa shape index (κ1) is 23.1. The normalized spacial score (nSPS) is 11.5. The second kappa shape index (κ2) is 14.4. The molecular weight excluding hydrogens is 419 g/mol. The van der Waals surface area contributed by atoms with E-state index in [9.17, 15) is 0 Å². The van der Waals surface area contributed by atoms with Gasteiger partial charge in [-0.1, -0.05) is 20.8 Å². The lowest BCUT2D eigenvalue weighted by Crippen LogP contribution is -2.40. The highest BCUT2D eigenvalue weighted by atomic mass is 127. The van der Waals surface area contributed by atoms with Crippen LogP contribution < -0.4 is 10.6 Å². The Morgan fingerprint density at radius 3 is 2.75 bits per heavy atom. The molecule has 1 aromatic rings. The fourth-order valence-corrected chi connectivity index (χ4v) is 2.09. The number of ether oxygens (including phenoxy) is 1. The van der Waals surface area contributed by atoms with Crippen molar-refractivity contribution in [1.82, 2.24) is 25.4 Å². The molecule has 0 amide bonds. The molecule has 8 heteroatoms. The third kappa shape index (κ3) is 10.1. The first-order valence-electron chi connectivity index (χ1n) is 8.55. The van der Waals surface area contributed by atoms with Crippen LogP contribution in [-0.4, -0.2) is 54.1 Å². The highest BCUT2D eigenvalue weighted by molar-refractivity contribution is 14.0. The Labute approximate surface area is 163 Å². The van der Waals surface area contributed by atoms with E-state index >= 15 is 0 Å². The molecule has 0 atom stereocenters. The van der Waals surface area contributed by atoms with Crippen LogP contribution in [0, 0.1) is 5.92 Å². The topological polar surface area (TPSA) is 76.4 Å². The van der Waals surface area contributed by atoms with Crippen LogP contribution in [0.15, 0.2) is 11.3 Å². The van der Waals surface area contributed by atoms with Crippen molar-refractivity contribution in [2.24, 2.45) is 10.9 Å². The zero-order chi connectivity index (χ0) is 16.9. The van der Waals surface area contributed by atoms with Gasteiger partial charge in [0.2, 0.25) is 0 Å². The van der Waals surface area contributed by atoms with Gasteiger partial charge in [0.05, 0.1) is 0 Å². The summed E-state index contributed by atoms with van der Waals surface area (Å²) in [6.45, 7) is 10.6. The highest BCUT2D eigenvalue weighted by Gasteiger charge is 2.03. The first-order chi connectivity index (χ1) is 11.2. The zero-order valence-electron chi connectivity index (χ0n) is 15.4. The maximum Gasteiger partial charge on any atom is 0.191 e. The summed E-state index contributed by atoms with van der Waals surface area (Å²) < 4.78 is 7.14. The number of methoxy groups -OCH3 is 1. The molecule has 1 rings (SSSR count). The van der Waals surface area contributed by atoms with E-state index < -0.39 is 0 Å². The van der Waals surface area contributed by atoms with E-state index in [1.165, 1.54) is 0 Å². The van der Waals surface area contributed by atoms with Gasteiger partial charge in [0.15, 0.2) is 5.96 Å². The number of guanidine groups is 1. The lowest BCUT2D eigenvalue weighted by molar-refractivity contribution is 0.197. The fraction of sp³-hybridized carbons (Fsp3) is 0.812. The van der Waals surface area contributed by atoms with Crippen LogP contribution in [-0.2, 0) is 17.7 Å². The summed E-state index contributed by atoms with van der Waals surface area (Å²) in [6, 6.07) is 0. The van der Waals surface area contributed by atoms with Crippen LogP contribution in [0.5, 0.6) is 0 Å². The molecule has 0 aliphatic rings. The van der Waals surface area contributed by atoms with Gasteiger partial charge in [0.1, 0.15) is 12.2 Å². The van der Waals surface area contributed by atoms with E-state index in [-0.39, 0.29) is 24.0 Å². The van der Waals surface area contributed by atoms with Gasteiger partial charge < -0.3 is 19.9 Å². The van der Waals surface area contributed by atoms with Crippen molar-refractivity contribution >= 4 is 29.9 Å². The van der Waals surface area contributed by atoms with Gasteiger partial charge in [-0.3, -0.25) is 4.99 Å². The number of rotatable bonds is 11. The molecule has 0 bridgehead atoms. The van der Waals surface area contributed by atoms with E-state index in [0.29, 0.717) is 5.92 Å². The number of aliphatic imine (C=N–C) groups is 1. The summed E-state index contributed by atoms with van der Waals surface area (Å²) in [5.74, 6) is 2.56. The van der Waals surface area contributed by atoms with E-state index in [2.05, 4.69) is 51.2 Å². The van der Waals surface area contributed by atoms with Crippen molar-refractivity contribution in [2.75, 3.05) is 33.4 Å². The van der Waals surface area contributed by atoms with Crippen LogP contribution in [0.4, 0.5) is 0 Å². The van der Waals surface area contributed by atoms with Crippen molar-refractivity contribution in [3.8, 4) is 0 Å². The standard InChI is InChI=1S/C16H32N6O.HI/c1-5-15-21-20-13-22(15)11-10-19-16(17-8-6-12-23-4)18-9-7-14(2)3;/h13-14H,5-12H2,1-4H3,(H2,17,18,19);1H. The SMILES string of the molecule is CCc1nncn1CCNC(=NCCCOC)NCCC(C)C.I. The van der Waals surface area contributed by atoms with Gasteiger partial charge >= 0.3 is 0 Å². The third-order valence-electron chi connectivity index (χ3n) is 3.45. The molecule has 2 N–H and O–H groups in total. The minimum atomic E-state index is 0. The molecule has 0 aliphatic carbocycles. The Bertz CT molecular complexity index is 450.